The van der Waals surface area contributed by atoms with E-state index in [-0.39, 0.29) is 42.4 Å². The Bertz CT molecular complexity index is 1130. The first kappa shape index (κ1) is 44.2. The fourth-order valence-electron chi connectivity index (χ4n) is 6.55. The summed E-state index contributed by atoms with van der Waals surface area (Å²) in [5.41, 5.74) is 6.41. The van der Waals surface area contributed by atoms with Gasteiger partial charge in [-0.05, 0) is 79.1 Å². The lowest BCUT2D eigenvalue weighted by atomic mass is 9.78. The molecule has 0 spiro atoms. The molecule has 1 aromatic carbocycles. The molecule has 0 aliphatic heterocycles. The molecular weight excluding hydrogens is 644 g/mol. The van der Waals surface area contributed by atoms with E-state index in [0.717, 1.165) is 31.2 Å². The zero-order valence-electron chi connectivity index (χ0n) is 30.1. The van der Waals surface area contributed by atoms with Gasteiger partial charge in [-0.3, -0.25) is 18.6 Å². The van der Waals surface area contributed by atoms with Crippen molar-refractivity contribution in [1.82, 2.24) is 5.32 Å². The summed E-state index contributed by atoms with van der Waals surface area (Å²) in [5.74, 6) is -7.50. The molecule has 49 heavy (non-hydrogen) atoms. The van der Waals surface area contributed by atoms with Gasteiger partial charge < -0.3 is 30.6 Å². The number of aliphatic carboxylic acids is 2. The summed E-state index contributed by atoms with van der Waals surface area (Å²) < 4.78 is 22.6. The molecule has 0 saturated carbocycles. The second-order valence-electron chi connectivity index (χ2n) is 13.8. The number of benzene rings is 1. The van der Waals surface area contributed by atoms with Crippen molar-refractivity contribution in [2.45, 2.75) is 154 Å². The van der Waals surface area contributed by atoms with E-state index in [0.29, 0.717) is 13.0 Å². The van der Waals surface area contributed by atoms with Crippen molar-refractivity contribution in [1.29, 1.82) is 0 Å². The van der Waals surface area contributed by atoms with Crippen molar-refractivity contribution in [2.75, 3.05) is 6.54 Å². The summed E-state index contributed by atoms with van der Waals surface area (Å²) in [5, 5.41) is 24.7. The fourth-order valence-corrected chi connectivity index (χ4v) is 6.91. The van der Waals surface area contributed by atoms with E-state index >= 15 is 0 Å². The van der Waals surface area contributed by atoms with Gasteiger partial charge in [-0.2, -0.15) is 0 Å². The van der Waals surface area contributed by atoms with Gasteiger partial charge >= 0.3 is 5.97 Å². The van der Waals surface area contributed by atoms with Gasteiger partial charge in [0.25, 0.3) is 0 Å². The zero-order valence-corrected chi connectivity index (χ0v) is 30.9. The Balaban J connectivity index is 2.77. The Morgan fingerprint density at radius 3 is 1.67 bits per heavy atom. The van der Waals surface area contributed by atoms with Crippen molar-refractivity contribution < 1.29 is 38.2 Å². The summed E-state index contributed by atoms with van der Waals surface area (Å²) >= 11 is -2.38. The van der Waals surface area contributed by atoms with Crippen molar-refractivity contribution in [3.63, 3.8) is 0 Å². The van der Waals surface area contributed by atoms with Crippen LogP contribution in [0.1, 0.15) is 154 Å². The second-order valence-corrected chi connectivity index (χ2v) is 14.7. The molecule has 2 amide bonds. The van der Waals surface area contributed by atoms with Crippen molar-refractivity contribution in [3.8, 4) is 0 Å². The molecule has 280 valence electrons. The lowest BCUT2D eigenvalue weighted by molar-refractivity contribution is -0.312. The first-order valence-corrected chi connectivity index (χ1v) is 19.7. The molecule has 0 aliphatic rings. The molecule has 0 bridgehead atoms. The van der Waals surface area contributed by atoms with Crippen molar-refractivity contribution in [3.05, 3.63) is 29.8 Å². The third kappa shape index (κ3) is 19.3. The molecule has 11 heteroatoms. The summed E-state index contributed by atoms with van der Waals surface area (Å²) in [6.07, 6.45) is 17.5. The van der Waals surface area contributed by atoms with Crippen LogP contribution >= 0.6 is 0 Å². The number of rotatable bonds is 30. The highest BCUT2D eigenvalue weighted by Gasteiger charge is 2.32. The molecule has 0 heterocycles. The lowest BCUT2D eigenvalue weighted by Gasteiger charge is -2.29. The van der Waals surface area contributed by atoms with Gasteiger partial charge in [0.1, 0.15) is 0 Å². The number of carboxylic acids is 2. The minimum atomic E-state index is -2.38. The molecule has 0 saturated heterocycles. The monoisotopic (exact) mass is 706 g/mol. The van der Waals surface area contributed by atoms with E-state index in [1.807, 2.05) is 6.92 Å². The predicted molar refractivity (Wildman–Crippen MR) is 190 cm³/mol. The Hall–Kier alpha value is -2.79. The van der Waals surface area contributed by atoms with Crippen LogP contribution in [-0.4, -0.2) is 44.2 Å². The first-order chi connectivity index (χ1) is 23.4. The quantitative estimate of drug-likeness (QED) is 0.0606. The van der Waals surface area contributed by atoms with Gasteiger partial charge in [-0.25, -0.2) is 0 Å². The minimum Gasteiger partial charge on any atom is -0.768 e. The topological polar surface area (TPSA) is 190 Å². The Morgan fingerprint density at radius 1 is 0.755 bits per heavy atom. The predicted octanol–water partition coefficient (Wildman–Crippen LogP) is 6.38. The number of primary amides is 1. The van der Waals surface area contributed by atoms with Crippen LogP contribution in [0.25, 0.3) is 0 Å². The highest BCUT2D eigenvalue weighted by Crippen LogP contribution is 2.33. The standard InChI is InChI=1S/C38H64N2O8S/c1-4-6-7-8-9-10-11-12-13-14-15-16-17-18-23-40-36(42)32(26-31(35(39)41)24-28(3)37(43)44)27-33(38(45)46)25-29(5-2)30-19-21-34(22-20-30)49(47)48/h19-22,28-29,31-33H,4-18,23-27H2,1-3H3,(H2,39,41)(H,40,42)(H,43,44)(H,45,46)(H,47,48)/p-2. The minimum absolute atomic E-state index is 0.0611. The second kappa shape index (κ2) is 26.1. The summed E-state index contributed by atoms with van der Waals surface area (Å²) in [7, 11) is 0. The van der Waals surface area contributed by atoms with E-state index in [4.69, 9.17) is 5.73 Å². The van der Waals surface area contributed by atoms with Crippen LogP contribution in [0.2, 0.25) is 0 Å². The largest absolute Gasteiger partial charge is 0.768 e. The average Bonchev–Trinajstić information content (AvgIpc) is 3.06. The smallest absolute Gasteiger partial charge is 0.306 e. The van der Waals surface area contributed by atoms with Crippen LogP contribution in [0.5, 0.6) is 0 Å². The van der Waals surface area contributed by atoms with Crippen LogP contribution in [0.3, 0.4) is 0 Å². The summed E-state index contributed by atoms with van der Waals surface area (Å²) in [4.78, 5) is 49.9. The Labute approximate surface area is 297 Å². The van der Waals surface area contributed by atoms with Gasteiger partial charge in [0, 0.05) is 29.2 Å². The molecule has 6 atom stereocenters. The number of nitrogens with two attached hydrogens (primary N) is 1. The molecule has 0 radical (unpaired) electrons. The van der Waals surface area contributed by atoms with Crippen molar-refractivity contribution in [2.24, 2.45) is 29.4 Å². The highest BCUT2D eigenvalue weighted by molar-refractivity contribution is 7.79. The van der Waals surface area contributed by atoms with Crippen LogP contribution < -0.4 is 16.2 Å². The first-order valence-electron chi connectivity index (χ1n) is 18.6. The van der Waals surface area contributed by atoms with Crippen LogP contribution in [-0.2, 0) is 30.3 Å². The molecule has 4 N–H and O–H groups in total. The average molecular weight is 707 g/mol. The number of hydrogen-bond donors (Lipinski definition) is 3. The number of carboxylic acid groups (broad SMARTS) is 2. The molecule has 0 fully saturated rings. The molecule has 10 nitrogen and oxygen atoms in total. The number of carbonyl (C=O) groups excluding carboxylic acids is 3. The van der Waals surface area contributed by atoms with E-state index in [1.54, 1.807) is 12.1 Å². The maximum absolute atomic E-state index is 13.5. The van der Waals surface area contributed by atoms with E-state index < -0.39 is 52.6 Å². The van der Waals surface area contributed by atoms with Gasteiger partial charge in [0.2, 0.25) is 11.8 Å². The van der Waals surface area contributed by atoms with Crippen LogP contribution in [0.15, 0.2) is 29.2 Å². The number of hydrogen-bond acceptors (Lipinski definition) is 7. The molecule has 1 aromatic rings. The highest BCUT2D eigenvalue weighted by atomic mass is 32.2. The van der Waals surface area contributed by atoms with Gasteiger partial charge in [0.15, 0.2) is 0 Å². The molecule has 1 rings (SSSR count). The van der Waals surface area contributed by atoms with Crippen LogP contribution in [0.4, 0.5) is 0 Å². The van der Waals surface area contributed by atoms with Gasteiger partial charge in [0.05, 0.1) is 5.92 Å². The zero-order chi connectivity index (χ0) is 36.6. The number of carbonyl (C=O) groups is 4. The third-order valence-corrected chi connectivity index (χ3v) is 10.4. The SMILES string of the molecule is CCCCCCCCCCCCCCCCNC(=O)C(CC(CC(C)C(=O)O)C(N)=O)CC(CC(CC)c1ccc(S(=O)[O-])cc1)C(=O)[O-]. The molecular formula is C38H62N2O8S-2. The molecule has 6 unspecified atom stereocenters. The van der Waals surface area contributed by atoms with Gasteiger partial charge in [-0.1, -0.05) is 116 Å². The summed E-state index contributed by atoms with van der Waals surface area (Å²) in [6, 6.07) is 6.24. The fraction of sp³-hybridized carbons (Fsp3) is 0.737. The molecule has 0 aliphatic carbocycles. The lowest BCUT2D eigenvalue weighted by Crippen LogP contribution is -2.40. The van der Waals surface area contributed by atoms with E-state index in [2.05, 4.69) is 12.2 Å². The van der Waals surface area contributed by atoms with Crippen LogP contribution in [0, 0.1) is 23.7 Å². The van der Waals surface area contributed by atoms with Crippen molar-refractivity contribution >= 4 is 34.8 Å². The number of unbranched alkanes of at least 4 members (excludes halogenated alkanes) is 13. The maximum Gasteiger partial charge on any atom is 0.306 e. The Morgan fingerprint density at radius 2 is 1.24 bits per heavy atom. The number of amides is 2. The Kier molecular flexibility index (Phi) is 23.5. The molecule has 0 aromatic heterocycles. The van der Waals surface area contributed by atoms with E-state index in [9.17, 15) is 38.2 Å². The number of nitrogens with one attached hydrogen (secondary N) is 1. The third-order valence-electron chi connectivity index (χ3n) is 9.74. The van der Waals surface area contributed by atoms with E-state index in [1.165, 1.54) is 83.3 Å². The summed E-state index contributed by atoms with van der Waals surface area (Å²) in [6.45, 7) is 6.02. The van der Waals surface area contributed by atoms with Gasteiger partial charge in [-0.15, -0.1) is 0 Å². The normalized spacial score (nSPS) is 15.1. The maximum atomic E-state index is 13.5.